The van der Waals surface area contributed by atoms with E-state index >= 15 is 0 Å². The monoisotopic (exact) mass is 439 g/mol. The molecule has 4 atom stereocenters. The summed E-state index contributed by atoms with van der Waals surface area (Å²) >= 11 is 0. The normalized spacial score (nSPS) is 15.2. The first-order valence-corrected chi connectivity index (χ1v) is 13.4. The van der Waals surface area contributed by atoms with Gasteiger partial charge >= 0.3 is 5.97 Å². The van der Waals surface area contributed by atoms with Crippen molar-refractivity contribution in [3.05, 3.63) is 0 Å². The first-order chi connectivity index (χ1) is 14.9. The average molecular weight is 440 g/mol. The molecule has 1 amide bonds. The van der Waals surface area contributed by atoms with Gasteiger partial charge in [0.2, 0.25) is 0 Å². The van der Waals surface area contributed by atoms with E-state index in [2.05, 4.69) is 34.6 Å². The van der Waals surface area contributed by atoms with Crippen LogP contribution in [-0.4, -0.2) is 36.0 Å². The predicted octanol–water partition coefficient (Wildman–Crippen LogP) is 7.40. The summed E-state index contributed by atoms with van der Waals surface area (Å²) in [7, 11) is 0. The molecule has 0 saturated carbocycles. The van der Waals surface area contributed by atoms with E-state index in [0.717, 1.165) is 64.5 Å². The number of unbranched alkanes of at least 4 members (excludes halogenated alkanes) is 3. The highest BCUT2D eigenvalue weighted by molar-refractivity contribution is 5.84. The highest BCUT2D eigenvalue weighted by atomic mass is 16.5. The molecule has 0 spiro atoms. The Hall–Kier alpha value is -1.06. The standard InChI is InChI=1S/C27H53NO3/c1-8-14-17-23(11-4)20-28(21-24(12-5)18-15-9-2)26(29)22(7)31-27(30)25(13-6)19-16-10-3/h22-25H,8-21H2,1-7H3/t22-,23-,24-,25+/m1/s1. The van der Waals surface area contributed by atoms with Crippen molar-refractivity contribution in [3.63, 3.8) is 0 Å². The number of hydrogen-bond donors (Lipinski definition) is 0. The summed E-state index contributed by atoms with van der Waals surface area (Å²) in [5, 5.41) is 0. The Labute approximate surface area is 193 Å². The molecule has 31 heavy (non-hydrogen) atoms. The van der Waals surface area contributed by atoms with Crippen molar-refractivity contribution >= 4 is 11.9 Å². The summed E-state index contributed by atoms with van der Waals surface area (Å²) in [6, 6.07) is 0. The van der Waals surface area contributed by atoms with Crippen LogP contribution >= 0.6 is 0 Å². The van der Waals surface area contributed by atoms with Crippen LogP contribution in [-0.2, 0) is 14.3 Å². The number of hydrogen-bond acceptors (Lipinski definition) is 3. The number of rotatable bonds is 19. The molecule has 0 rings (SSSR count). The van der Waals surface area contributed by atoms with Gasteiger partial charge in [-0.2, -0.15) is 0 Å². The number of carbonyl (C=O) groups excluding carboxylic acids is 2. The second-order valence-corrected chi connectivity index (χ2v) is 9.40. The summed E-state index contributed by atoms with van der Waals surface area (Å²) in [5.41, 5.74) is 0. The van der Waals surface area contributed by atoms with Gasteiger partial charge in [-0.3, -0.25) is 9.59 Å². The van der Waals surface area contributed by atoms with Gasteiger partial charge in [0.1, 0.15) is 0 Å². The molecule has 0 radical (unpaired) electrons. The van der Waals surface area contributed by atoms with E-state index in [-0.39, 0.29) is 17.8 Å². The fourth-order valence-electron chi connectivity index (χ4n) is 4.23. The van der Waals surface area contributed by atoms with Crippen LogP contribution in [0.2, 0.25) is 0 Å². The predicted molar refractivity (Wildman–Crippen MR) is 132 cm³/mol. The molecule has 4 heteroatoms. The molecular weight excluding hydrogens is 386 g/mol. The van der Waals surface area contributed by atoms with E-state index < -0.39 is 6.10 Å². The Morgan fingerprint density at radius 2 is 1.16 bits per heavy atom. The van der Waals surface area contributed by atoms with Crippen LogP contribution in [0.25, 0.3) is 0 Å². The van der Waals surface area contributed by atoms with Crippen molar-refractivity contribution < 1.29 is 14.3 Å². The maximum atomic E-state index is 13.4. The van der Waals surface area contributed by atoms with E-state index in [4.69, 9.17) is 4.74 Å². The van der Waals surface area contributed by atoms with Crippen LogP contribution in [0, 0.1) is 17.8 Å². The SMILES string of the molecule is CCCC[C@@H](CC)CN(C[C@H](CC)CCCC)C(=O)[C@@H](C)OC(=O)[C@@H](CC)CCCC. The van der Waals surface area contributed by atoms with Crippen molar-refractivity contribution in [1.29, 1.82) is 0 Å². The zero-order valence-electron chi connectivity index (χ0n) is 21.9. The number of carbonyl (C=O) groups is 2. The molecule has 4 nitrogen and oxygen atoms in total. The Kier molecular flexibility index (Phi) is 17.9. The molecule has 0 aliphatic carbocycles. The van der Waals surface area contributed by atoms with Crippen LogP contribution in [0.5, 0.6) is 0 Å². The van der Waals surface area contributed by atoms with E-state index in [9.17, 15) is 9.59 Å². The first-order valence-electron chi connectivity index (χ1n) is 13.4. The molecule has 0 N–H and O–H groups in total. The molecule has 0 fully saturated rings. The van der Waals surface area contributed by atoms with Gasteiger partial charge in [-0.25, -0.2) is 0 Å². The lowest BCUT2D eigenvalue weighted by Crippen LogP contribution is -2.45. The molecule has 0 aromatic carbocycles. The van der Waals surface area contributed by atoms with Gasteiger partial charge < -0.3 is 9.64 Å². The Morgan fingerprint density at radius 1 is 0.710 bits per heavy atom. The summed E-state index contributed by atoms with van der Waals surface area (Å²) < 4.78 is 5.71. The quantitative estimate of drug-likeness (QED) is 0.197. The Morgan fingerprint density at radius 3 is 1.55 bits per heavy atom. The third kappa shape index (κ3) is 12.5. The van der Waals surface area contributed by atoms with Crippen molar-refractivity contribution in [3.8, 4) is 0 Å². The minimum Gasteiger partial charge on any atom is -0.452 e. The van der Waals surface area contributed by atoms with Gasteiger partial charge in [0, 0.05) is 13.1 Å². The Balaban J connectivity index is 5.26. The van der Waals surface area contributed by atoms with Gasteiger partial charge in [-0.15, -0.1) is 0 Å². The molecule has 0 aromatic heterocycles. The molecule has 0 aromatic rings. The van der Waals surface area contributed by atoms with Gasteiger partial charge in [0.25, 0.3) is 5.91 Å². The second kappa shape index (κ2) is 18.5. The summed E-state index contributed by atoms with van der Waals surface area (Å²) in [5.74, 6) is 0.729. The number of ether oxygens (including phenoxy) is 1. The van der Waals surface area contributed by atoms with E-state index in [1.807, 2.05) is 11.8 Å². The maximum Gasteiger partial charge on any atom is 0.309 e. The molecule has 0 aliphatic rings. The molecule has 0 unspecified atom stereocenters. The number of nitrogens with zero attached hydrogens (tertiary/aromatic N) is 1. The van der Waals surface area contributed by atoms with Crippen LogP contribution in [0.1, 0.15) is 126 Å². The number of esters is 1. The van der Waals surface area contributed by atoms with E-state index in [0.29, 0.717) is 11.8 Å². The van der Waals surface area contributed by atoms with Crippen molar-refractivity contribution in [1.82, 2.24) is 4.90 Å². The van der Waals surface area contributed by atoms with Crippen LogP contribution in [0.15, 0.2) is 0 Å². The Bertz CT molecular complexity index is 447. The fraction of sp³-hybridized carbons (Fsp3) is 0.926. The zero-order chi connectivity index (χ0) is 23.6. The van der Waals surface area contributed by atoms with Gasteiger partial charge in [-0.1, -0.05) is 92.9 Å². The molecule has 0 heterocycles. The first kappa shape index (κ1) is 29.9. The topological polar surface area (TPSA) is 46.6 Å². The molecule has 0 bridgehead atoms. The fourth-order valence-corrected chi connectivity index (χ4v) is 4.23. The summed E-state index contributed by atoms with van der Waals surface area (Å²) in [6.07, 6.45) is 12.3. The lowest BCUT2D eigenvalue weighted by Gasteiger charge is -2.32. The lowest BCUT2D eigenvalue weighted by molar-refractivity contribution is -0.163. The second-order valence-electron chi connectivity index (χ2n) is 9.40. The van der Waals surface area contributed by atoms with E-state index in [1.165, 1.54) is 25.7 Å². The largest absolute Gasteiger partial charge is 0.452 e. The summed E-state index contributed by atoms with van der Waals surface area (Å²) in [4.78, 5) is 28.1. The van der Waals surface area contributed by atoms with Crippen molar-refractivity contribution in [2.75, 3.05) is 13.1 Å². The van der Waals surface area contributed by atoms with Crippen LogP contribution < -0.4 is 0 Å². The minimum absolute atomic E-state index is 0.0106. The highest BCUT2D eigenvalue weighted by Crippen LogP contribution is 2.21. The molecule has 184 valence electrons. The minimum atomic E-state index is -0.699. The van der Waals surface area contributed by atoms with E-state index in [1.54, 1.807) is 6.92 Å². The molecular formula is C27H53NO3. The number of amides is 1. The summed E-state index contributed by atoms with van der Waals surface area (Å²) in [6.45, 7) is 16.4. The average Bonchev–Trinajstić information content (AvgIpc) is 2.77. The molecule has 0 aliphatic heterocycles. The van der Waals surface area contributed by atoms with Crippen LogP contribution in [0.3, 0.4) is 0 Å². The third-order valence-corrected chi connectivity index (χ3v) is 6.73. The van der Waals surface area contributed by atoms with Gasteiger partial charge in [0.15, 0.2) is 6.10 Å². The lowest BCUT2D eigenvalue weighted by atomic mass is 9.95. The van der Waals surface area contributed by atoms with Crippen LogP contribution in [0.4, 0.5) is 0 Å². The van der Waals surface area contributed by atoms with Gasteiger partial charge in [-0.05, 0) is 44.4 Å². The molecule has 0 saturated heterocycles. The third-order valence-electron chi connectivity index (χ3n) is 6.73. The zero-order valence-corrected chi connectivity index (χ0v) is 21.9. The van der Waals surface area contributed by atoms with Gasteiger partial charge in [0.05, 0.1) is 5.92 Å². The highest BCUT2D eigenvalue weighted by Gasteiger charge is 2.29. The van der Waals surface area contributed by atoms with Crippen molar-refractivity contribution in [2.45, 2.75) is 132 Å². The van der Waals surface area contributed by atoms with Crippen molar-refractivity contribution in [2.24, 2.45) is 17.8 Å². The smallest absolute Gasteiger partial charge is 0.309 e. The maximum absolute atomic E-state index is 13.4.